The molecular weight excluding hydrogens is 478 g/mol. The largest absolute Gasteiger partial charge is 0.314 e. The van der Waals surface area contributed by atoms with Gasteiger partial charge in [0.05, 0.1) is 23.7 Å². The van der Waals surface area contributed by atoms with E-state index in [1.165, 1.54) is 36.5 Å². The molecule has 2 atom stereocenters. The van der Waals surface area contributed by atoms with E-state index < -0.39 is 17.2 Å². The third-order valence-electron chi connectivity index (χ3n) is 6.52. The molecule has 0 bridgehead atoms. The molecule has 2 aliphatic heterocycles. The van der Waals surface area contributed by atoms with Crippen molar-refractivity contribution in [3.63, 3.8) is 0 Å². The molecule has 3 aromatic rings. The predicted molar refractivity (Wildman–Crippen MR) is 139 cm³/mol. The van der Waals surface area contributed by atoms with Crippen LogP contribution in [0.2, 0.25) is 0 Å². The summed E-state index contributed by atoms with van der Waals surface area (Å²) in [5.41, 5.74) is 1.05. The van der Waals surface area contributed by atoms with Crippen LogP contribution in [-0.4, -0.2) is 34.7 Å². The van der Waals surface area contributed by atoms with Crippen LogP contribution in [0.5, 0.6) is 0 Å². The Morgan fingerprint density at radius 3 is 2.81 bits per heavy atom. The van der Waals surface area contributed by atoms with Crippen LogP contribution in [0.1, 0.15) is 33.6 Å². The van der Waals surface area contributed by atoms with Crippen molar-refractivity contribution in [3.8, 4) is 0 Å². The smallest absolute Gasteiger partial charge is 0.205 e. The number of thioether (sulfide) groups is 1. The molecule has 0 spiro atoms. The lowest BCUT2D eigenvalue weighted by atomic mass is 9.80. The topological polar surface area (TPSA) is 58.7 Å². The number of carbonyl (C=O) groups is 1. The summed E-state index contributed by atoms with van der Waals surface area (Å²) in [7, 11) is 0. The van der Waals surface area contributed by atoms with Gasteiger partial charge in [-0.15, -0.1) is 11.8 Å². The van der Waals surface area contributed by atoms with E-state index in [9.17, 15) is 9.18 Å². The number of rotatable bonds is 6. The third kappa shape index (κ3) is 4.72. The number of fused-ring (bicyclic) bond motifs is 1. The van der Waals surface area contributed by atoms with Gasteiger partial charge in [0, 0.05) is 42.1 Å². The predicted octanol–water partition coefficient (Wildman–Crippen LogP) is 6.07. The van der Waals surface area contributed by atoms with Gasteiger partial charge in [-0.3, -0.25) is 14.8 Å². The second-order valence-electron chi connectivity index (χ2n) is 8.78. The normalized spacial score (nSPS) is 21.4. The molecule has 0 radical (unpaired) electrons. The second-order valence-corrected chi connectivity index (χ2v) is 9.87. The molecule has 0 unspecified atom stereocenters. The highest BCUT2D eigenvalue weighted by Gasteiger charge is 2.48. The number of hydrogen-bond acceptors (Lipinski definition) is 5. The Bertz CT molecular complexity index is 1400. The Labute approximate surface area is 212 Å². The number of nitrogens with zero attached hydrogens (tertiary/aromatic N) is 3. The van der Waals surface area contributed by atoms with E-state index in [1.807, 2.05) is 18.2 Å². The molecule has 8 heteroatoms. The number of ketones is 1. The van der Waals surface area contributed by atoms with Gasteiger partial charge in [-0.25, -0.2) is 13.6 Å². The van der Waals surface area contributed by atoms with E-state index in [0.717, 1.165) is 0 Å². The molecule has 180 valence electrons. The molecule has 5 rings (SSSR count). The van der Waals surface area contributed by atoms with E-state index in [1.54, 1.807) is 30.0 Å². The first kappa shape index (κ1) is 24.0. The molecule has 1 N–H and O–H groups in total. The zero-order valence-electron chi connectivity index (χ0n) is 19.2. The van der Waals surface area contributed by atoms with Crippen LogP contribution < -0.4 is 5.32 Å². The van der Waals surface area contributed by atoms with E-state index in [4.69, 9.17) is 11.6 Å². The summed E-state index contributed by atoms with van der Waals surface area (Å²) < 4.78 is 30.2. The zero-order chi connectivity index (χ0) is 25.1. The Morgan fingerprint density at radius 2 is 2.06 bits per heavy atom. The third-order valence-corrected chi connectivity index (χ3v) is 7.65. The highest BCUT2D eigenvalue weighted by Crippen LogP contribution is 2.45. The fourth-order valence-electron chi connectivity index (χ4n) is 4.64. The SMILES string of the molecule is [C-]#[N+]c1ccc(/C(F)=C/c2ccc(F)c([C@]34CNC[C@H]3CSC(CC(=O)c3ccccc3)=N4)c2)nc1. The van der Waals surface area contributed by atoms with Crippen molar-refractivity contribution in [1.82, 2.24) is 10.3 Å². The summed E-state index contributed by atoms with van der Waals surface area (Å²) in [6.07, 6.45) is 2.77. The number of aromatic nitrogens is 1. The lowest BCUT2D eigenvalue weighted by molar-refractivity contribution is 0.100. The Kier molecular flexibility index (Phi) is 6.77. The number of hydrogen-bond donors (Lipinski definition) is 1. The minimum Gasteiger partial charge on any atom is -0.314 e. The van der Waals surface area contributed by atoms with Gasteiger partial charge in [-0.05, 0) is 29.8 Å². The summed E-state index contributed by atoms with van der Waals surface area (Å²) in [5.74, 6) is -0.277. The maximum atomic E-state index is 15.3. The minimum atomic E-state index is -0.864. The van der Waals surface area contributed by atoms with Crippen molar-refractivity contribution in [2.75, 3.05) is 18.8 Å². The summed E-state index contributed by atoms with van der Waals surface area (Å²) >= 11 is 1.54. The average molecular weight is 501 g/mol. The van der Waals surface area contributed by atoms with Gasteiger partial charge in [0.15, 0.2) is 5.78 Å². The van der Waals surface area contributed by atoms with Gasteiger partial charge >= 0.3 is 0 Å². The number of nitrogens with one attached hydrogen (secondary N) is 1. The van der Waals surface area contributed by atoms with Gasteiger partial charge < -0.3 is 5.32 Å². The second kappa shape index (κ2) is 10.1. The number of pyridine rings is 1. The van der Waals surface area contributed by atoms with E-state index in [2.05, 4.69) is 15.1 Å². The maximum absolute atomic E-state index is 15.3. The van der Waals surface area contributed by atoms with E-state index in [-0.39, 0.29) is 23.8 Å². The van der Waals surface area contributed by atoms with Crippen molar-refractivity contribution >= 4 is 40.2 Å². The summed E-state index contributed by atoms with van der Waals surface area (Å²) in [6, 6.07) is 16.5. The highest BCUT2D eigenvalue weighted by molar-refractivity contribution is 8.14. The van der Waals surface area contributed by atoms with Crippen LogP contribution >= 0.6 is 11.8 Å². The van der Waals surface area contributed by atoms with Crippen LogP contribution in [0.4, 0.5) is 14.5 Å². The van der Waals surface area contributed by atoms with Crippen molar-refractivity contribution in [1.29, 1.82) is 0 Å². The molecule has 5 nitrogen and oxygen atoms in total. The quantitative estimate of drug-likeness (QED) is 0.330. The number of halogens is 2. The molecule has 0 amide bonds. The van der Waals surface area contributed by atoms with Crippen LogP contribution in [-0.2, 0) is 5.54 Å². The molecule has 1 saturated heterocycles. The molecule has 0 aliphatic carbocycles. The van der Waals surface area contributed by atoms with Crippen molar-refractivity contribution in [2.24, 2.45) is 10.9 Å². The summed E-state index contributed by atoms with van der Waals surface area (Å²) in [5, 5.41) is 4.02. The van der Waals surface area contributed by atoms with Gasteiger partial charge in [0.25, 0.3) is 0 Å². The zero-order valence-corrected chi connectivity index (χ0v) is 20.1. The molecule has 0 saturated carbocycles. The standard InChI is InChI=1S/C28H22F2N4OS/c1-31-21-8-10-25(33-15-21)24(30)12-18-7-9-23(29)22(11-18)28-17-32-14-20(28)16-36-27(34-28)13-26(35)19-5-3-2-4-6-19/h2-12,15,20,32H,13-14,16-17H2/b24-12-/t20-,28-/m0/s1. The molecular formula is C28H22F2N4OS. The van der Waals surface area contributed by atoms with Gasteiger partial charge in [-0.2, -0.15) is 0 Å². The fraction of sp³-hybridized carbons (Fsp3) is 0.214. The van der Waals surface area contributed by atoms with Crippen LogP contribution in [0.25, 0.3) is 16.7 Å². The summed E-state index contributed by atoms with van der Waals surface area (Å²) in [4.78, 5) is 25.0. The fourth-order valence-corrected chi connectivity index (χ4v) is 5.88. The average Bonchev–Trinajstić information content (AvgIpc) is 3.34. The molecule has 36 heavy (non-hydrogen) atoms. The number of Topliss-reactive ketones (excluding diaryl/α,β-unsaturated/α-hetero) is 1. The first-order chi connectivity index (χ1) is 17.5. The highest BCUT2D eigenvalue weighted by atomic mass is 32.2. The monoisotopic (exact) mass is 500 g/mol. The van der Waals surface area contributed by atoms with Gasteiger partial charge in [0.2, 0.25) is 5.69 Å². The maximum Gasteiger partial charge on any atom is 0.205 e. The van der Waals surface area contributed by atoms with Gasteiger partial charge in [-0.1, -0.05) is 42.5 Å². The lowest BCUT2D eigenvalue weighted by Gasteiger charge is -2.36. The lowest BCUT2D eigenvalue weighted by Crippen LogP contribution is -2.39. The molecule has 2 aliphatic rings. The molecule has 2 aromatic carbocycles. The number of benzene rings is 2. The first-order valence-electron chi connectivity index (χ1n) is 11.5. The van der Waals surface area contributed by atoms with Crippen molar-refractivity contribution in [3.05, 3.63) is 106 Å². The van der Waals surface area contributed by atoms with Gasteiger partial charge in [0.1, 0.15) is 17.2 Å². The number of carbonyl (C=O) groups excluding carboxylic acids is 1. The molecule has 1 aromatic heterocycles. The Morgan fingerprint density at radius 1 is 1.22 bits per heavy atom. The van der Waals surface area contributed by atoms with Crippen molar-refractivity contribution < 1.29 is 13.6 Å². The summed E-state index contributed by atoms with van der Waals surface area (Å²) in [6.45, 7) is 8.12. The van der Waals surface area contributed by atoms with Crippen LogP contribution in [0.15, 0.2) is 71.9 Å². The Balaban J connectivity index is 1.48. The molecule has 3 heterocycles. The molecule has 1 fully saturated rings. The minimum absolute atomic E-state index is 0.0302. The first-order valence-corrected chi connectivity index (χ1v) is 12.5. The van der Waals surface area contributed by atoms with Crippen molar-refractivity contribution in [2.45, 2.75) is 12.0 Å². The van der Waals surface area contributed by atoms with E-state index in [0.29, 0.717) is 46.3 Å². The van der Waals surface area contributed by atoms with E-state index >= 15 is 4.39 Å². The Hall–Kier alpha value is -3.67. The van der Waals surface area contributed by atoms with Crippen LogP contribution in [0, 0.1) is 18.3 Å². The van der Waals surface area contributed by atoms with Crippen LogP contribution in [0.3, 0.4) is 0 Å². The number of aliphatic imine (C=N–C) groups is 1.